The Morgan fingerprint density at radius 2 is 0.781 bits per heavy atom. The second-order valence-electron chi connectivity index (χ2n) is 10.0. The standard InChI is InChI=1S/C28H60O2SSi/c1-4-6-8-10-12-14-16-18-20-22-25-29-32(3,28-24-27-31)30-26-23-21-19-17-15-13-11-9-7-5-2/h31H,4-28H2,1-3H3. The lowest BCUT2D eigenvalue weighted by Gasteiger charge is -2.27. The number of hydrogen-bond donors (Lipinski definition) is 1. The lowest BCUT2D eigenvalue weighted by molar-refractivity contribution is 0.166. The summed E-state index contributed by atoms with van der Waals surface area (Å²) in [6.07, 6.45) is 28.6. The summed E-state index contributed by atoms with van der Waals surface area (Å²) in [4.78, 5) is 0. The fourth-order valence-corrected chi connectivity index (χ4v) is 7.14. The maximum absolute atomic E-state index is 6.38. The summed E-state index contributed by atoms with van der Waals surface area (Å²) in [5.41, 5.74) is 0. The first kappa shape index (κ1) is 32.5. The molecule has 0 aliphatic rings. The number of unbranched alkanes of at least 4 members (excludes halogenated alkanes) is 18. The van der Waals surface area contributed by atoms with E-state index < -0.39 is 8.56 Å². The smallest absolute Gasteiger partial charge is 0.334 e. The van der Waals surface area contributed by atoms with Gasteiger partial charge in [0.25, 0.3) is 0 Å². The van der Waals surface area contributed by atoms with Gasteiger partial charge in [-0.05, 0) is 37.6 Å². The molecule has 0 heterocycles. The van der Waals surface area contributed by atoms with Crippen LogP contribution in [0.1, 0.15) is 149 Å². The molecular weight excluding hydrogens is 428 g/mol. The van der Waals surface area contributed by atoms with E-state index in [0.717, 1.165) is 31.4 Å². The van der Waals surface area contributed by atoms with Crippen molar-refractivity contribution in [2.45, 2.75) is 161 Å². The minimum atomic E-state index is -2.01. The van der Waals surface area contributed by atoms with Crippen LogP contribution < -0.4 is 0 Å². The molecule has 0 radical (unpaired) electrons. The highest BCUT2D eigenvalue weighted by Gasteiger charge is 2.30. The fraction of sp³-hybridized carbons (Fsp3) is 1.00. The summed E-state index contributed by atoms with van der Waals surface area (Å²) in [6.45, 7) is 8.64. The number of hydrogen-bond acceptors (Lipinski definition) is 3. The van der Waals surface area contributed by atoms with Crippen LogP contribution in [-0.4, -0.2) is 27.5 Å². The molecule has 194 valence electrons. The van der Waals surface area contributed by atoms with Crippen LogP contribution in [0.2, 0.25) is 12.6 Å². The second kappa shape index (κ2) is 26.1. The van der Waals surface area contributed by atoms with Crippen LogP contribution in [0.25, 0.3) is 0 Å². The zero-order valence-electron chi connectivity index (χ0n) is 22.4. The predicted octanol–water partition coefficient (Wildman–Crippen LogP) is 10.3. The maximum Gasteiger partial charge on any atom is 0.334 e. The van der Waals surface area contributed by atoms with Crippen LogP contribution in [0.4, 0.5) is 0 Å². The molecule has 4 heteroatoms. The first-order valence-electron chi connectivity index (χ1n) is 14.6. The predicted molar refractivity (Wildman–Crippen MR) is 150 cm³/mol. The third-order valence-electron chi connectivity index (χ3n) is 6.60. The van der Waals surface area contributed by atoms with E-state index in [1.54, 1.807) is 0 Å². The van der Waals surface area contributed by atoms with Gasteiger partial charge < -0.3 is 8.85 Å². The second-order valence-corrected chi connectivity index (χ2v) is 13.8. The van der Waals surface area contributed by atoms with Gasteiger partial charge in [0.2, 0.25) is 0 Å². The highest BCUT2D eigenvalue weighted by molar-refractivity contribution is 7.80. The Bertz CT molecular complexity index is 328. The molecule has 32 heavy (non-hydrogen) atoms. The van der Waals surface area contributed by atoms with E-state index >= 15 is 0 Å². The van der Waals surface area contributed by atoms with E-state index in [0.29, 0.717) is 0 Å². The summed E-state index contributed by atoms with van der Waals surface area (Å²) in [6, 6.07) is 1.09. The summed E-state index contributed by atoms with van der Waals surface area (Å²) >= 11 is 4.41. The van der Waals surface area contributed by atoms with Crippen molar-refractivity contribution in [3.8, 4) is 0 Å². The van der Waals surface area contributed by atoms with Crippen molar-refractivity contribution in [1.29, 1.82) is 0 Å². The molecule has 0 amide bonds. The van der Waals surface area contributed by atoms with Crippen molar-refractivity contribution in [2.24, 2.45) is 0 Å². The largest absolute Gasteiger partial charge is 0.394 e. The Balaban J connectivity index is 3.69. The van der Waals surface area contributed by atoms with E-state index in [1.807, 2.05) is 0 Å². The van der Waals surface area contributed by atoms with Gasteiger partial charge in [0.15, 0.2) is 0 Å². The van der Waals surface area contributed by atoms with E-state index in [4.69, 9.17) is 8.85 Å². The van der Waals surface area contributed by atoms with Gasteiger partial charge in [0.1, 0.15) is 0 Å². The van der Waals surface area contributed by atoms with E-state index in [9.17, 15) is 0 Å². The topological polar surface area (TPSA) is 18.5 Å². The van der Waals surface area contributed by atoms with Gasteiger partial charge in [-0.25, -0.2) is 0 Å². The van der Waals surface area contributed by atoms with Crippen molar-refractivity contribution in [3.05, 3.63) is 0 Å². The average molecular weight is 489 g/mol. The number of rotatable bonds is 27. The Hall–Kier alpha value is 0.487. The van der Waals surface area contributed by atoms with E-state index in [1.165, 1.54) is 128 Å². The Labute approximate surface area is 210 Å². The van der Waals surface area contributed by atoms with Gasteiger partial charge in [0, 0.05) is 13.2 Å². The molecule has 0 bridgehead atoms. The molecule has 0 atom stereocenters. The molecule has 0 saturated heterocycles. The summed E-state index contributed by atoms with van der Waals surface area (Å²) < 4.78 is 12.8. The van der Waals surface area contributed by atoms with Crippen LogP contribution in [0.5, 0.6) is 0 Å². The molecular formula is C28H60O2SSi. The van der Waals surface area contributed by atoms with Crippen molar-refractivity contribution in [3.63, 3.8) is 0 Å². The van der Waals surface area contributed by atoms with Gasteiger partial charge in [-0.2, -0.15) is 12.6 Å². The molecule has 0 spiro atoms. The Morgan fingerprint density at radius 3 is 1.09 bits per heavy atom. The van der Waals surface area contributed by atoms with Crippen LogP contribution in [-0.2, 0) is 8.85 Å². The van der Waals surface area contributed by atoms with Gasteiger partial charge in [-0.3, -0.25) is 0 Å². The monoisotopic (exact) mass is 488 g/mol. The molecule has 0 aliphatic heterocycles. The van der Waals surface area contributed by atoms with Gasteiger partial charge in [-0.15, -0.1) is 0 Å². The van der Waals surface area contributed by atoms with Crippen molar-refractivity contribution in [2.75, 3.05) is 19.0 Å². The molecule has 0 aromatic heterocycles. The molecule has 0 fully saturated rings. The Kier molecular flexibility index (Phi) is 26.5. The summed E-state index contributed by atoms with van der Waals surface area (Å²) in [5, 5.41) is 0. The van der Waals surface area contributed by atoms with Crippen LogP contribution in [0, 0.1) is 0 Å². The molecule has 0 aromatic rings. The minimum Gasteiger partial charge on any atom is -0.394 e. The molecule has 0 unspecified atom stereocenters. The fourth-order valence-electron chi connectivity index (χ4n) is 4.34. The van der Waals surface area contributed by atoms with Crippen molar-refractivity contribution in [1.82, 2.24) is 0 Å². The summed E-state index contributed by atoms with van der Waals surface area (Å²) in [7, 11) is -2.01. The van der Waals surface area contributed by atoms with Gasteiger partial charge in [-0.1, -0.05) is 129 Å². The van der Waals surface area contributed by atoms with Crippen LogP contribution in [0.3, 0.4) is 0 Å². The van der Waals surface area contributed by atoms with Gasteiger partial charge >= 0.3 is 8.56 Å². The third kappa shape index (κ3) is 23.6. The minimum absolute atomic E-state index is 0.893. The zero-order valence-corrected chi connectivity index (χ0v) is 24.3. The van der Waals surface area contributed by atoms with Crippen molar-refractivity contribution >= 4 is 21.2 Å². The lowest BCUT2D eigenvalue weighted by atomic mass is 10.1. The maximum atomic E-state index is 6.38. The van der Waals surface area contributed by atoms with Crippen LogP contribution in [0.15, 0.2) is 0 Å². The van der Waals surface area contributed by atoms with Crippen LogP contribution >= 0.6 is 12.6 Å². The zero-order chi connectivity index (χ0) is 23.6. The molecule has 2 nitrogen and oxygen atoms in total. The SMILES string of the molecule is CCCCCCCCCCCCO[Si](C)(CCCS)OCCCCCCCCCCCC. The molecule has 0 aliphatic carbocycles. The lowest BCUT2D eigenvalue weighted by Crippen LogP contribution is -2.39. The third-order valence-corrected chi connectivity index (χ3v) is 9.81. The highest BCUT2D eigenvalue weighted by Crippen LogP contribution is 2.19. The quantitative estimate of drug-likeness (QED) is 0.0704. The van der Waals surface area contributed by atoms with E-state index in [-0.39, 0.29) is 0 Å². The highest BCUT2D eigenvalue weighted by atomic mass is 32.1. The molecule has 0 aromatic carbocycles. The first-order valence-corrected chi connectivity index (χ1v) is 17.7. The van der Waals surface area contributed by atoms with E-state index in [2.05, 4.69) is 33.0 Å². The summed E-state index contributed by atoms with van der Waals surface area (Å²) in [5.74, 6) is 0.936. The average Bonchev–Trinajstić information content (AvgIpc) is 2.80. The Morgan fingerprint density at radius 1 is 0.469 bits per heavy atom. The van der Waals surface area contributed by atoms with Gasteiger partial charge in [0.05, 0.1) is 0 Å². The molecule has 0 rings (SSSR count). The number of thiol groups is 1. The first-order chi connectivity index (χ1) is 15.7. The molecule has 0 saturated carbocycles. The van der Waals surface area contributed by atoms with Crippen molar-refractivity contribution < 1.29 is 8.85 Å². The molecule has 0 N–H and O–H groups in total. The normalized spacial score (nSPS) is 12.0.